The Hall–Kier alpha value is -2.69. The zero-order chi connectivity index (χ0) is 18.9. The summed E-state index contributed by atoms with van der Waals surface area (Å²) in [5.41, 5.74) is 2.25. The van der Waals surface area contributed by atoms with E-state index < -0.39 is 0 Å². The van der Waals surface area contributed by atoms with Gasteiger partial charge in [-0.15, -0.1) is 0 Å². The molecular weight excluding hydrogens is 354 g/mol. The molecule has 2 fully saturated rings. The maximum atomic E-state index is 12.9. The molecule has 3 atom stereocenters. The van der Waals surface area contributed by atoms with Crippen LogP contribution in [-0.2, 0) is 11.3 Å². The van der Waals surface area contributed by atoms with Crippen molar-refractivity contribution in [3.05, 3.63) is 59.7 Å². The first-order valence-corrected chi connectivity index (χ1v) is 10.2. The smallest absolute Gasteiger partial charge is 0.410 e. The third-order valence-electron chi connectivity index (χ3n) is 6.35. The average molecular weight is 379 g/mol. The first-order valence-electron chi connectivity index (χ1n) is 10.2. The largest absolute Gasteiger partial charge is 0.454 e. The Labute approximate surface area is 165 Å². The lowest BCUT2D eigenvalue weighted by Crippen LogP contribution is -2.43. The summed E-state index contributed by atoms with van der Waals surface area (Å²) in [4.78, 5) is 14.9. The van der Waals surface area contributed by atoms with Crippen molar-refractivity contribution in [3.8, 4) is 11.5 Å². The van der Waals surface area contributed by atoms with E-state index in [9.17, 15) is 4.79 Å². The number of ether oxygens (including phenoxy) is 3. The first kappa shape index (κ1) is 17.4. The molecule has 146 valence electrons. The fourth-order valence-electron chi connectivity index (χ4n) is 5.03. The number of hydrogen-bond donors (Lipinski definition) is 0. The minimum absolute atomic E-state index is 0.191. The average Bonchev–Trinajstić information content (AvgIpc) is 3.39. The molecule has 1 aliphatic carbocycles. The lowest BCUT2D eigenvalue weighted by atomic mass is 9.74. The highest BCUT2D eigenvalue weighted by atomic mass is 16.7. The van der Waals surface area contributed by atoms with Crippen LogP contribution >= 0.6 is 0 Å². The molecule has 0 spiro atoms. The van der Waals surface area contributed by atoms with Crippen molar-refractivity contribution in [2.45, 2.75) is 44.2 Å². The second-order valence-corrected chi connectivity index (χ2v) is 7.92. The van der Waals surface area contributed by atoms with Crippen molar-refractivity contribution in [1.29, 1.82) is 0 Å². The molecule has 5 nitrogen and oxygen atoms in total. The fraction of sp³-hybridized carbons (Fsp3) is 0.435. The van der Waals surface area contributed by atoms with Crippen LogP contribution in [0.5, 0.6) is 11.5 Å². The Balaban J connectivity index is 1.34. The predicted molar refractivity (Wildman–Crippen MR) is 104 cm³/mol. The minimum atomic E-state index is -0.191. The highest BCUT2D eigenvalue weighted by molar-refractivity contribution is 5.69. The van der Waals surface area contributed by atoms with Crippen LogP contribution in [0.15, 0.2) is 48.5 Å². The summed E-state index contributed by atoms with van der Waals surface area (Å²) in [7, 11) is 0. The zero-order valence-electron chi connectivity index (χ0n) is 15.9. The van der Waals surface area contributed by atoms with Crippen LogP contribution in [0.25, 0.3) is 0 Å². The fourth-order valence-corrected chi connectivity index (χ4v) is 5.03. The third kappa shape index (κ3) is 3.19. The van der Waals surface area contributed by atoms with Crippen molar-refractivity contribution in [2.75, 3.05) is 13.3 Å². The van der Waals surface area contributed by atoms with Gasteiger partial charge in [0.15, 0.2) is 11.5 Å². The highest BCUT2D eigenvalue weighted by Crippen LogP contribution is 2.46. The molecule has 28 heavy (non-hydrogen) atoms. The van der Waals surface area contributed by atoms with E-state index >= 15 is 0 Å². The Morgan fingerprint density at radius 2 is 1.89 bits per heavy atom. The predicted octanol–water partition coefficient (Wildman–Crippen LogP) is 4.71. The summed E-state index contributed by atoms with van der Waals surface area (Å²) in [5, 5.41) is 0. The molecule has 3 aliphatic rings. The van der Waals surface area contributed by atoms with Crippen LogP contribution < -0.4 is 9.47 Å². The number of carbonyl (C=O) groups is 1. The van der Waals surface area contributed by atoms with E-state index in [2.05, 4.69) is 12.1 Å². The molecule has 0 unspecified atom stereocenters. The summed E-state index contributed by atoms with van der Waals surface area (Å²) in [6, 6.07) is 16.3. The van der Waals surface area contributed by atoms with Gasteiger partial charge in [0, 0.05) is 18.5 Å². The van der Waals surface area contributed by atoms with E-state index in [0.717, 1.165) is 36.4 Å². The lowest BCUT2D eigenvalue weighted by Gasteiger charge is -2.38. The number of rotatable bonds is 3. The van der Waals surface area contributed by atoms with Gasteiger partial charge in [0.2, 0.25) is 6.79 Å². The number of nitrogens with zero attached hydrogens (tertiary/aromatic N) is 1. The molecule has 1 saturated carbocycles. The van der Waals surface area contributed by atoms with Crippen LogP contribution in [0.2, 0.25) is 0 Å². The molecule has 2 heterocycles. The van der Waals surface area contributed by atoms with Gasteiger partial charge in [-0.1, -0.05) is 42.8 Å². The van der Waals surface area contributed by atoms with Crippen molar-refractivity contribution in [3.63, 3.8) is 0 Å². The standard InChI is InChI=1S/C23H25NO4/c25-23(26-14-16-5-2-1-3-6-16)24-12-11-17-7-4-8-19(22(17)24)18-9-10-20-21(13-18)28-15-27-20/h1-3,5-6,9-10,13,17,19,22H,4,7-8,11-12,14-15H2/t17-,19+,22+/m1/s1. The van der Waals surface area contributed by atoms with Crippen LogP contribution in [0.1, 0.15) is 42.7 Å². The molecule has 0 radical (unpaired) electrons. The number of hydrogen-bond acceptors (Lipinski definition) is 4. The normalized spacial score (nSPS) is 25.4. The van der Waals surface area contributed by atoms with Crippen molar-refractivity contribution in [1.82, 2.24) is 4.90 Å². The van der Waals surface area contributed by atoms with Gasteiger partial charge in [-0.3, -0.25) is 0 Å². The highest BCUT2D eigenvalue weighted by Gasteiger charge is 2.45. The van der Waals surface area contributed by atoms with Crippen molar-refractivity contribution < 1.29 is 19.0 Å². The zero-order valence-corrected chi connectivity index (χ0v) is 15.9. The van der Waals surface area contributed by atoms with E-state index in [1.54, 1.807) is 0 Å². The first-order chi connectivity index (χ1) is 13.8. The van der Waals surface area contributed by atoms with E-state index in [4.69, 9.17) is 14.2 Å². The van der Waals surface area contributed by atoms with E-state index in [1.165, 1.54) is 18.4 Å². The summed E-state index contributed by atoms with van der Waals surface area (Å²) < 4.78 is 16.7. The Morgan fingerprint density at radius 3 is 2.79 bits per heavy atom. The number of amides is 1. The number of fused-ring (bicyclic) bond motifs is 2. The van der Waals surface area contributed by atoms with Gasteiger partial charge in [-0.25, -0.2) is 4.79 Å². The van der Waals surface area contributed by atoms with Crippen LogP contribution in [0, 0.1) is 5.92 Å². The maximum Gasteiger partial charge on any atom is 0.410 e. The topological polar surface area (TPSA) is 48.0 Å². The lowest BCUT2D eigenvalue weighted by molar-refractivity contribution is 0.0765. The maximum absolute atomic E-state index is 12.9. The summed E-state index contributed by atoms with van der Waals surface area (Å²) >= 11 is 0. The minimum Gasteiger partial charge on any atom is -0.454 e. The number of benzene rings is 2. The van der Waals surface area contributed by atoms with Crippen LogP contribution in [0.4, 0.5) is 4.79 Å². The second kappa shape index (κ2) is 7.38. The van der Waals surface area contributed by atoms with E-state index in [1.807, 2.05) is 41.3 Å². The summed E-state index contributed by atoms with van der Waals surface area (Å²) in [5.74, 6) is 2.49. The summed E-state index contributed by atoms with van der Waals surface area (Å²) in [6.07, 6.45) is 4.35. The van der Waals surface area contributed by atoms with Crippen LogP contribution in [0.3, 0.4) is 0 Å². The van der Waals surface area contributed by atoms with E-state index in [-0.39, 0.29) is 18.9 Å². The molecule has 0 aromatic heterocycles. The molecule has 5 heteroatoms. The molecule has 2 aliphatic heterocycles. The van der Waals surface area contributed by atoms with Crippen LogP contribution in [-0.4, -0.2) is 30.4 Å². The quantitative estimate of drug-likeness (QED) is 0.775. The molecule has 0 bridgehead atoms. The van der Waals surface area contributed by atoms with Gasteiger partial charge in [0.1, 0.15) is 6.61 Å². The summed E-state index contributed by atoms with van der Waals surface area (Å²) in [6.45, 7) is 1.39. The van der Waals surface area contributed by atoms with Gasteiger partial charge < -0.3 is 19.1 Å². The molecular formula is C23H25NO4. The molecule has 2 aromatic carbocycles. The Kier molecular flexibility index (Phi) is 4.59. The second-order valence-electron chi connectivity index (χ2n) is 7.92. The SMILES string of the molecule is O=C(OCc1ccccc1)N1CC[C@H]2CCC[C@@H](c3ccc4c(c3)OCO4)[C@H]21. The number of likely N-dealkylation sites (tertiary alicyclic amines) is 1. The van der Waals surface area contributed by atoms with Gasteiger partial charge in [-0.05, 0) is 48.4 Å². The molecule has 5 rings (SSSR count). The molecule has 2 aromatic rings. The molecule has 1 amide bonds. The van der Waals surface area contributed by atoms with Gasteiger partial charge in [-0.2, -0.15) is 0 Å². The number of carbonyl (C=O) groups excluding carboxylic acids is 1. The van der Waals surface area contributed by atoms with Gasteiger partial charge in [0.25, 0.3) is 0 Å². The van der Waals surface area contributed by atoms with Crippen molar-refractivity contribution >= 4 is 6.09 Å². The third-order valence-corrected chi connectivity index (χ3v) is 6.35. The Bertz CT molecular complexity index is 853. The van der Waals surface area contributed by atoms with Crippen molar-refractivity contribution in [2.24, 2.45) is 5.92 Å². The Morgan fingerprint density at radius 1 is 1.04 bits per heavy atom. The van der Waals surface area contributed by atoms with Gasteiger partial charge in [0.05, 0.1) is 0 Å². The molecule has 0 N–H and O–H groups in total. The molecule has 1 saturated heterocycles. The van der Waals surface area contributed by atoms with Gasteiger partial charge >= 0.3 is 6.09 Å². The monoisotopic (exact) mass is 379 g/mol. The van der Waals surface area contributed by atoms with E-state index in [0.29, 0.717) is 18.4 Å².